The lowest BCUT2D eigenvalue weighted by molar-refractivity contribution is 0.102. The van der Waals surface area contributed by atoms with Crippen molar-refractivity contribution in [2.45, 2.75) is 20.8 Å². The average molecular weight is 321 g/mol. The fraction of sp³-hybridized carbons (Fsp3) is 0.167. The number of carbonyl (C=O) groups is 1. The predicted molar refractivity (Wildman–Crippen MR) is 94.4 cm³/mol. The fourth-order valence-corrected chi connectivity index (χ4v) is 2.48. The highest BCUT2D eigenvalue weighted by Gasteiger charge is 2.19. The molecule has 1 aromatic heterocycles. The van der Waals surface area contributed by atoms with E-state index in [4.69, 9.17) is 5.73 Å². The molecule has 3 N–H and O–H groups in total. The van der Waals surface area contributed by atoms with E-state index in [2.05, 4.69) is 15.6 Å². The average Bonchev–Trinajstić information content (AvgIpc) is 2.93. The van der Waals surface area contributed by atoms with E-state index in [0.717, 1.165) is 28.1 Å². The van der Waals surface area contributed by atoms with E-state index in [-0.39, 0.29) is 17.4 Å². The van der Waals surface area contributed by atoms with Crippen LogP contribution in [0, 0.1) is 20.8 Å². The number of para-hydroxylation sites is 1. The molecule has 0 fully saturated rings. The normalized spacial score (nSPS) is 10.6. The zero-order chi connectivity index (χ0) is 17.3. The van der Waals surface area contributed by atoms with Gasteiger partial charge in [-0.15, -0.1) is 5.10 Å². The number of hydrogen-bond acceptors (Lipinski definition) is 4. The highest BCUT2D eigenvalue weighted by Crippen LogP contribution is 2.21. The Morgan fingerprint density at radius 2 is 1.83 bits per heavy atom. The summed E-state index contributed by atoms with van der Waals surface area (Å²) in [6.07, 6.45) is 0. The van der Waals surface area contributed by atoms with Gasteiger partial charge in [0.15, 0.2) is 11.5 Å². The lowest BCUT2D eigenvalue weighted by Gasteiger charge is -2.09. The molecule has 0 unspecified atom stereocenters. The lowest BCUT2D eigenvalue weighted by Crippen LogP contribution is -2.16. The van der Waals surface area contributed by atoms with E-state index in [9.17, 15) is 4.79 Å². The number of hydrogen-bond donors (Lipinski definition) is 2. The third-order valence-corrected chi connectivity index (χ3v) is 3.90. The number of aromatic nitrogens is 3. The van der Waals surface area contributed by atoms with Crippen LogP contribution in [0.3, 0.4) is 0 Å². The van der Waals surface area contributed by atoms with Crippen molar-refractivity contribution in [2.75, 3.05) is 11.1 Å². The van der Waals surface area contributed by atoms with Crippen LogP contribution in [0.5, 0.6) is 0 Å². The molecule has 0 atom stereocenters. The molecule has 0 spiro atoms. The second-order valence-electron chi connectivity index (χ2n) is 5.79. The molecule has 2 aromatic carbocycles. The second kappa shape index (κ2) is 6.16. The number of benzene rings is 2. The molecule has 24 heavy (non-hydrogen) atoms. The number of amides is 1. The summed E-state index contributed by atoms with van der Waals surface area (Å²) in [6.45, 7) is 5.85. The minimum Gasteiger partial charge on any atom is -0.382 e. The van der Waals surface area contributed by atoms with Gasteiger partial charge in [0, 0.05) is 5.69 Å². The van der Waals surface area contributed by atoms with Gasteiger partial charge in [0.1, 0.15) is 0 Å². The predicted octanol–water partition coefficient (Wildman–Crippen LogP) is 3.03. The van der Waals surface area contributed by atoms with Crippen molar-refractivity contribution >= 4 is 17.4 Å². The van der Waals surface area contributed by atoms with Crippen LogP contribution in [0.25, 0.3) is 5.69 Å². The maximum atomic E-state index is 12.5. The Morgan fingerprint density at radius 3 is 2.58 bits per heavy atom. The Morgan fingerprint density at radius 1 is 1.08 bits per heavy atom. The maximum absolute atomic E-state index is 12.5. The molecule has 6 nitrogen and oxygen atoms in total. The molecule has 3 rings (SSSR count). The Balaban J connectivity index is 1.92. The van der Waals surface area contributed by atoms with Crippen LogP contribution in [0.15, 0.2) is 42.5 Å². The van der Waals surface area contributed by atoms with Gasteiger partial charge in [-0.1, -0.05) is 35.5 Å². The van der Waals surface area contributed by atoms with Crippen molar-refractivity contribution in [1.29, 1.82) is 0 Å². The molecule has 0 aliphatic heterocycles. The van der Waals surface area contributed by atoms with Crippen LogP contribution in [0.1, 0.15) is 27.2 Å². The molecule has 0 aliphatic carbocycles. The summed E-state index contributed by atoms with van der Waals surface area (Å²) in [5.74, 6) is -0.159. The van der Waals surface area contributed by atoms with Gasteiger partial charge < -0.3 is 11.1 Å². The third-order valence-electron chi connectivity index (χ3n) is 3.90. The van der Waals surface area contributed by atoms with Crippen LogP contribution in [0.2, 0.25) is 0 Å². The van der Waals surface area contributed by atoms with E-state index in [1.807, 2.05) is 63.2 Å². The minimum absolute atomic E-state index is 0.110. The van der Waals surface area contributed by atoms with Crippen molar-refractivity contribution in [3.8, 4) is 5.69 Å². The zero-order valence-electron chi connectivity index (χ0n) is 13.9. The number of nitrogens with zero attached hydrogens (tertiary/aromatic N) is 3. The molecular weight excluding hydrogens is 302 g/mol. The second-order valence-corrected chi connectivity index (χ2v) is 5.79. The number of carbonyl (C=O) groups excluding carboxylic acids is 1. The first-order valence-electron chi connectivity index (χ1n) is 7.63. The Kier molecular flexibility index (Phi) is 4.04. The first-order chi connectivity index (χ1) is 11.5. The summed E-state index contributed by atoms with van der Waals surface area (Å²) < 4.78 is 1.48. The van der Waals surface area contributed by atoms with Crippen LogP contribution >= 0.6 is 0 Å². The van der Waals surface area contributed by atoms with Gasteiger partial charge in [0.2, 0.25) is 0 Å². The van der Waals surface area contributed by atoms with Gasteiger partial charge in [-0.2, -0.15) is 4.68 Å². The first kappa shape index (κ1) is 15.7. The summed E-state index contributed by atoms with van der Waals surface area (Å²) in [7, 11) is 0. The quantitative estimate of drug-likeness (QED) is 0.776. The van der Waals surface area contributed by atoms with E-state index < -0.39 is 0 Å². The minimum atomic E-state index is -0.374. The smallest absolute Gasteiger partial charge is 0.280 e. The molecule has 3 aromatic rings. The molecule has 0 aliphatic rings. The van der Waals surface area contributed by atoms with Crippen molar-refractivity contribution in [3.63, 3.8) is 0 Å². The molecule has 0 bridgehead atoms. The Labute approximate surface area is 140 Å². The van der Waals surface area contributed by atoms with Gasteiger partial charge in [0.25, 0.3) is 5.91 Å². The number of anilines is 2. The highest BCUT2D eigenvalue weighted by atomic mass is 16.2. The number of nitrogen functional groups attached to an aromatic ring is 1. The largest absolute Gasteiger partial charge is 0.382 e. The molecule has 0 saturated heterocycles. The van der Waals surface area contributed by atoms with Crippen molar-refractivity contribution in [2.24, 2.45) is 0 Å². The van der Waals surface area contributed by atoms with Gasteiger partial charge in [-0.05, 0) is 49.6 Å². The number of nitrogens with one attached hydrogen (secondary N) is 1. The molecular formula is C18H19N5O. The van der Waals surface area contributed by atoms with E-state index >= 15 is 0 Å². The summed E-state index contributed by atoms with van der Waals surface area (Å²) in [4.78, 5) is 12.5. The topological polar surface area (TPSA) is 85.8 Å². The zero-order valence-corrected chi connectivity index (χ0v) is 13.9. The molecule has 6 heteroatoms. The lowest BCUT2D eigenvalue weighted by atomic mass is 10.1. The molecule has 122 valence electrons. The van der Waals surface area contributed by atoms with Crippen LogP contribution in [-0.2, 0) is 0 Å². The van der Waals surface area contributed by atoms with Gasteiger partial charge >= 0.3 is 0 Å². The monoisotopic (exact) mass is 321 g/mol. The summed E-state index contributed by atoms with van der Waals surface area (Å²) in [6, 6.07) is 13.5. The van der Waals surface area contributed by atoms with Crippen molar-refractivity contribution in [3.05, 3.63) is 64.8 Å². The Hall–Kier alpha value is -3.15. The fourth-order valence-electron chi connectivity index (χ4n) is 2.48. The summed E-state index contributed by atoms with van der Waals surface area (Å²) in [5.41, 5.74) is 10.8. The van der Waals surface area contributed by atoms with E-state index in [1.165, 1.54) is 4.68 Å². The highest BCUT2D eigenvalue weighted by molar-refractivity contribution is 6.06. The summed E-state index contributed by atoms with van der Waals surface area (Å²) >= 11 is 0. The number of aryl methyl sites for hydroxylation is 3. The van der Waals surface area contributed by atoms with Crippen LogP contribution in [0.4, 0.5) is 11.5 Å². The van der Waals surface area contributed by atoms with Gasteiger partial charge in [-0.3, -0.25) is 4.79 Å². The third kappa shape index (κ3) is 2.86. The maximum Gasteiger partial charge on any atom is 0.280 e. The Bertz CT molecular complexity index is 914. The number of nitrogens with two attached hydrogens (primary N) is 1. The van der Waals surface area contributed by atoms with E-state index in [1.54, 1.807) is 0 Å². The summed E-state index contributed by atoms with van der Waals surface area (Å²) in [5, 5.41) is 10.8. The molecule has 1 amide bonds. The molecule has 1 heterocycles. The van der Waals surface area contributed by atoms with Crippen LogP contribution in [-0.4, -0.2) is 20.9 Å². The van der Waals surface area contributed by atoms with E-state index in [0.29, 0.717) is 0 Å². The van der Waals surface area contributed by atoms with Crippen LogP contribution < -0.4 is 11.1 Å². The van der Waals surface area contributed by atoms with Gasteiger partial charge in [-0.25, -0.2) is 0 Å². The van der Waals surface area contributed by atoms with Gasteiger partial charge in [0.05, 0.1) is 5.69 Å². The SMILES string of the molecule is Cc1ccc(C)c(NC(=O)c2nnn(-c3ccccc3C)c2N)c1. The van der Waals surface area contributed by atoms with Crippen molar-refractivity contribution in [1.82, 2.24) is 15.0 Å². The molecule has 0 saturated carbocycles. The standard InChI is InChI=1S/C18H19N5O/c1-11-8-9-12(2)14(10-11)20-18(24)16-17(19)23(22-21-16)15-7-5-4-6-13(15)3/h4-10H,19H2,1-3H3,(H,20,24). The first-order valence-corrected chi connectivity index (χ1v) is 7.63. The molecule has 0 radical (unpaired) electrons. The number of rotatable bonds is 3. The van der Waals surface area contributed by atoms with Crippen molar-refractivity contribution < 1.29 is 4.79 Å².